The zero-order valence-electron chi connectivity index (χ0n) is 21.0. The Labute approximate surface area is 209 Å². The summed E-state index contributed by atoms with van der Waals surface area (Å²) in [6.07, 6.45) is 18.3. The van der Waals surface area contributed by atoms with Crippen LogP contribution in [0.4, 0.5) is 0 Å². The molecular formula is C31H37NO3. The van der Waals surface area contributed by atoms with Crippen LogP contribution < -0.4 is 5.32 Å². The van der Waals surface area contributed by atoms with Crippen molar-refractivity contribution in [3.63, 3.8) is 0 Å². The first kappa shape index (κ1) is 24.8. The summed E-state index contributed by atoms with van der Waals surface area (Å²) in [5, 5.41) is 3.48. The van der Waals surface area contributed by atoms with Crippen molar-refractivity contribution in [2.75, 3.05) is 20.3 Å². The topological polar surface area (TPSA) is 47.6 Å². The lowest BCUT2D eigenvalue weighted by atomic mass is 9.91. The van der Waals surface area contributed by atoms with Crippen molar-refractivity contribution in [1.29, 1.82) is 0 Å². The van der Waals surface area contributed by atoms with Gasteiger partial charge in [-0.2, -0.15) is 0 Å². The van der Waals surface area contributed by atoms with Crippen molar-refractivity contribution in [3.8, 4) is 0 Å². The molecular weight excluding hydrogens is 434 g/mol. The van der Waals surface area contributed by atoms with Crippen molar-refractivity contribution in [3.05, 3.63) is 107 Å². The van der Waals surface area contributed by atoms with Crippen molar-refractivity contribution in [1.82, 2.24) is 5.32 Å². The number of rotatable bonds is 10. The Morgan fingerprint density at radius 3 is 2.66 bits per heavy atom. The second-order valence-electron chi connectivity index (χ2n) is 9.60. The smallest absolute Gasteiger partial charge is 0.339 e. The minimum absolute atomic E-state index is 0.252. The molecule has 0 saturated heterocycles. The number of esters is 1. The van der Waals surface area contributed by atoms with E-state index in [9.17, 15) is 4.79 Å². The molecule has 0 spiro atoms. The predicted molar refractivity (Wildman–Crippen MR) is 142 cm³/mol. The maximum atomic E-state index is 12.2. The summed E-state index contributed by atoms with van der Waals surface area (Å²) < 4.78 is 11.0. The van der Waals surface area contributed by atoms with Crippen LogP contribution in [0.3, 0.4) is 0 Å². The van der Waals surface area contributed by atoms with Crippen molar-refractivity contribution in [2.45, 2.75) is 51.4 Å². The number of allylic oxidation sites excluding steroid dienone is 6. The summed E-state index contributed by atoms with van der Waals surface area (Å²) >= 11 is 0. The summed E-state index contributed by atoms with van der Waals surface area (Å²) in [4.78, 5) is 12.2. The summed E-state index contributed by atoms with van der Waals surface area (Å²) in [6.45, 7) is 7.61. The molecule has 1 aliphatic heterocycles. The maximum Gasteiger partial charge on any atom is 0.339 e. The highest BCUT2D eigenvalue weighted by Crippen LogP contribution is 2.40. The Balaban J connectivity index is 1.41. The van der Waals surface area contributed by atoms with Gasteiger partial charge in [0, 0.05) is 18.2 Å². The summed E-state index contributed by atoms with van der Waals surface area (Å²) in [5.74, 6) is 1.64. The predicted octanol–water partition coefficient (Wildman–Crippen LogP) is 6.45. The fourth-order valence-electron chi connectivity index (χ4n) is 4.67. The van der Waals surface area contributed by atoms with Crippen LogP contribution in [0, 0.1) is 5.92 Å². The van der Waals surface area contributed by atoms with Crippen LogP contribution in [0.25, 0.3) is 0 Å². The van der Waals surface area contributed by atoms with Gasteiger partial charge in [0.15, 0.2) is 0 Å². The van der Waals surface area contributed by atoms with Crippen molar-refractivity contribution >= 4 is 5.97 Å². The Morgan fingerprint density at radius 2 is 1.94 bits per heavy atom. The maximum absolute atomic E-state index is 12.2. The van der Waals surface area contributed by atoms with Gasteiger partial charge in [0.05, 0.1) is 19.3 Å². The summed E-state index contributed by atoms with van der Waals surface area (Å²) in [6, 6.07) is 9.16. The fraction of sp³-hybridized carbons (Fsp3) is 0.387. The van der Waals surface area contributed by atoms with E-state index in [1.165, 1.54) is 36.7 Å². The normalized spacial score (nSPS) is 20.4. The fourth-order valence-corrected chi connectivity index (χ4v) is 4.67. The second-order valence-corrected chi connectivity index (χ2v) is 9.60. The van der Waals surface area contributed by atoms with Gasteiger partial charge in [0.2, 0.25) is 0 Å². The Bertz CT molecular complexity index is 1080. The monoisotopic (exact) mass is 471 g/mol. The molecule has 4 nitrogen and oxygen atoms in total. The van der Waals surface area contributed by atoms with Gasteiger partial charge < -0.3 is 14.8 Å². The Hall–Kier alpha value is -3.27. The van der Waals surface area contributed by atoms with Crippen LogP contribution in [0.1, 0.15) is 56.1 Å². The molecule has 4 rings (SSSR count). The highest BCUT2D eigenvalue weighted by molar-refractivity contribution is 5.93. The third-order valence-corrected chi connectivity index (χ3v) is 6.96. The largest absolute Gasteiger partial charge is 0.493 e. The lowest BCUT2D eigenvalue weighted by Crippen LogP contribution is -2.28. The molecule has 0 radical (unpaired) electrons. The highest BCUT2D eigenvalue weighted by atomic mass is 16.5. The zero-order valence-corrected chi connectivity index (χ0v) is 21.0. The van der Waals surface area contributed by atoms with Gasteiger partial charge in [-0.3, -0.25) is 0 Å². The van der Waals surface area contributed by atoms with Crippen LogP contribution in [0.5, 0.6) is 0 Å². The lowest BCUT2D eigenvalue weighted by Gasteiger charge is -2.27. The number of nitrogens with one attached hydrogen (secondary N) is 1. The first-order valence-corrected chi connectivity index (χ1v) is 12.7. The van der Waals surface area contributed by atoms with E-state index < -0.39 is 0 Å². The number of carbonyl (C=O) groups excluding carboxylic acids is 1. The van der Waals surface area contributed by atoms with Gasteiger partial charge in [-0.15, -0.1) is 0 Å². The van der Waals surface area contributed by atoms with Crippen LogP contribution in [0.2, 0.25) is 0 Å². The molecule has 1 N–H and O–H groups in total. The minimum Gasteiger partial charge on any atom is -0.493 e. The van der Waals surface area contributed by atoms with E-state index in [1.54, 1.807) is 0 Å². The molecule has 1 atom stereocenters. The standard InChI is InChI=1S/C31H37NO3/c1-4-27-26(21-32-29-9-7-5-6-8-28(29)31(33)34-3)18-19-35-30(27)20-22(2)10-11-23-12-14-24(15-13-23)25-16-17-25/h4,6-9,12-15,20,25-26,32H,1,5,10-11,16-19,21H2,2-3H3/b22-20+/t26-/m0/s1. The van der Waals surface area contributed by atoms with E-state index in [2.05, 4.69) is 49.2 Å². The van der Waals surface area contributed by atoms with Crippen LogP contribution in [-0.2, 0) is 20.7 Å². The summed E-state index contributed by atoms with van der Waals surface area (Å²) in [5.41, 5.74) is 6.63. The van der Waals surface area contributed by atoms with Gasteiger partial charge in [0.1, 0.15) is 5.76 Å². The molecule has 1 aromatic carbocycles. The first-order chi connectivity index (χ1) is 17.1. The number of carbonyl (C=O) groups is 1. The molecule has 0 unspecified atom stereocenters. The van der Waals surface area contributed by atoms with Crippen molar-refractivity contribution in [2.24, 2.45) is 5.92 Å². The molecule has 1 heterocycles. The number of hydrogen-bond donors (Lipinski definition) is 1. The number of aryl methyl sites for hydroxylation is 1. The van der Waals surface area contributed by atoms with E-state index in [1.807, 2.05) is 30.4 Å². The number of benzene rings is 1. The number of hydrogen-bond acceptors (Lipinski definition) is 4. The molecule has 0 amide bonds. The van der Waals surface area contributed by atoms with Gasteiger partial charge >= 0.3 is 5.97 Å². The van der Waals surface area contributed by atoms with Crippen LogP contribution in [-0.4, -0.2) is 26.2 Å². The Morgan fingerprint density at radius 1 is 1.17 bits per heavy atom. The molecule has 1 aromatic rings. The Kier molecular flexibility index (Phi) is 8.46. The molecule has 1 saturated carbocycles. The molecule has 184 valence electrons. The van der Waals surface area contributed by atoms with Crippen LogP contribution >= 0.6 is 0 Å². The van der Waals surface area contributed by atoms with E-state index >= 15 is 0 Å². The third-order valence-electron chi connectivity index (χ3n) is 6.96. The molecule has 1 fully saturated rings. The number of ether oxygens (including phenoxy) is 2. The molecule has 35 heavy (non-hydrogen) atoms. The first-order valence-electron chi connectivity index (χ1n) is 12.7. The number of methoxy groups -OCH3 is 1. The van der Waals surface area contributed by atoms with Gasteiger partial charge in [-0.25, -0.2) is 4.79 Å². The van der Waals surface area contributed by atoms with Crippen molar-refractivity contribution < 1.29 is 14.3 Å². The SMILES string of the molecule is C=CC1=C(/C=C(\C)CCc2ccc(C3CC3)cc2)OCC[C@H]1CNC1=C(C(=O)OC)C=CCC=C1. The lowest BCUT2D eigenvalue weighted by molar-refractivity contribution is -0.135. The average molecular weight is 472 g/mol. The second kappa shape index (κ2) is 11.9. The molecule has 2 aliphatic carbocycles. The molecule has 0 bridgehead atoms. The van der Waals surface area contributed by atoms with Gasteiger partial charge in [-0.05, 0) is 86.3 Å². The summed E-state index contributed by atoms with van der Waals surface area (Å²) in [7, 11) is 1.41. The highest BCUT2D eigenvalue weighted by Gasteiger charge is 2.24. The minimum atomic E-state index is -0.330. The molecule has 0 aromatic heterocycles. The quantitative estimate of drug-likeness (QED) is 0.398. The van der Waals surface area contributed by atoms with E-state index in [4.69, 9.17) is 9.47 Å². The van der Waals surface area contributed by atoms with Crippen LogP contribution in [0.15, 0.2) is 95.5 Å². The molecule has 4 heteroatoms. The zero-order chi connectivity index (χ0) is 24.6. The van der Waals surface area contributed by atoms with E-state index in [0.29, 0.717) is 18.7 Å². The average Bonchev–Trinajstić information content (AvgIpc) is 3.74. The van der Waals surface area contributed by atoms with E-state index in [-0.39, 0.29) is 11.9 Å². The third kappa shape index (κ3) is 6.66. The van der Waals surface area contributed by atoms with E-state index in [0.717, 1.165) is 48.6 Å². The van der Waals surface area contributed by atoms with Gasteiger partial charge in [-0.1, -0.05) is 54.6 Å². The van der Waals surface area contributed by atoms with Gasteiger partial charge in [0.25, 0.3) is 0 Å². The molecule has 3 aliphatic rings.